The van der Waals surface area contributed by atoms with E-state index in [0.29, 0.717) is 30.5 Å². The predicted molar refractivity (Wildman–Crippen MR) is 149 cm³/mol. The van der Waals surface area contributed by atoms with Crippen LogP contribution in [0.5, 0.6) is 5.75 Å². The van der Waals surface area contributed by atoms with Crippen molar-refractivity contribution in [1.82, 2.24) is 20.5 Å². The van der Waals surface area contributed by atoms with E-state index in [1.807, 2.05) is 12.1 Å². The van der Waals surface area contributed by atoms with Crippen molar-refractivity contribution in [2.45, 2.75) is 51.7 Å². The molecule has 3 aromatic rings. The van der Waals surface area contributed by atoms with Crippen LogP contribution in [0.3, 0.4) is 0 Å². The number of aliphatic hydroxyl groups excluding tert-OH is 1. The molecule has 1 aliphatic carbocycles. The number of nitrogens with one attached hydrogen (secondary N) is 3. The number of hydrogen-bond donors (Lipinski definition) is 4. The Hall–Kier alpha value is -2.71. The molecule has 1 saturated heterocycles. The van der Waals surface area contributed by atoms with Crippen molar-refractivity contribution in [3.05, 3.63) is 74.6 Å². The minimum atomic E-state index is -0.690. The fourth-order valence-corrected chi connectivity index (χ4v) is 5.84. The van der Waals surface area contributed by atoms with E-state index in [1.54, 1.807) is 6.07 Å². The molecule has 0 amide bonds. The summed E-state index contributed by atoms with van der Waals surface area (Å²) in [5.74, 6) is 0.649. The number of aryl methyl sites for hydroxylation is 2. The van der Waals surface area contributed by atoms with Gasteiger partial charge < -0.3 is 25.5 Å². The van der Waals surface area contributed by atoms with Crippen molar-refractivity contribution in [1.29, 1.82) is 0 Å². The Morgan fingerprint density at radius 2 is 1.76 bits per heavy atom. The van der Waals surface area contributed by atoms with Crippen LogP contribution >= 0.6 is 0 Å². The van der Waals surface area contributed by atoms with Crippen molar-refractivity contribution in [2.24, 2.45) is 0 Å². The molecule has 5 rings (SSSR count). The number of benzene rings is 2. The zero-order valence-electron chi connectivity index (χ0n) is 22.1. The minimum Gasteiger partial charge on any atom is -0.490 e. The van der Waals surface area contributed by atoms with E-state index in [9.17, 15) is 9.90 Å². The first kappa shape index (κ1) is 25.9. The summed E-state index contributed by atoms with van der Waals surface area (Å²) in [6, 6.07) is 12.2. The molecule has 0 unspecified atom stereocenters. The monoisotopic (exact) mass is 504 g/mol. The zero-order valence-corrected chi connectivity index (χ0v) is 22.1. The number of aliphatic hydroxyl groups is 1. The molecule has 37 heavy (non-hydrogen) atoms. The highest BCUT2D eigenvalue weighted by Crippen LogP contribution is 2.31. The Kier molecular flexibility index (Phi) is 8.25. The number of hydrogen-bond acceptors (Lipinski definition) is 6. The molecule has 0 radical (unpaired) electrons. The zero-order chi connectivity index (χ0) is 25.8. The van der Waals surface area contributed by atoms with E-state index in [0.717, 1.165) is 69.4 Å². The van der Waals surface area contributed by atoms with E-state index in [1.165, 1.54) is 28.3 Å². The van der Waals surface area contributed by atoms with Crippen LogP contribution in [0.15, 0.2) is 41.2 Å². The van der Waals surface area contributed by atoms with Crippen LogP contribution < -0.4 is 20.9 Å². The van der Waals surface area contributed by atoms with Crippen LogP contribution in [0, 0.1) is 0 Å². The van der Waals surface area contributed by atoms with Crippen LogP contribution in [0.2, 0.25) is 0 Å². The van der Waals surface area contributed by atoms with Crippen LogP contribution in [0.4, 0.5) is 0 Å². The number of piperazine rings is 1. The Labute approximate surface area is 219 Å². The molecule has 1 fully saturated rings. The summed E-state index contributed by atoms with van der Waals surface area (Å²) in [6.45, 7) is 10.3. The maximum atomic E-state index is 12.1. The number of ether oxygens (including phenoxy) is 1. The van der Waals surface area contributed by atoms with Gasteiger partial charge in [0.25, 0.3) is 0 Å². The number of aromatic amines is 1. The fraction of sp³-hybridized carbons (Fsp3) is 0.500. The smallest absolute Gasteiger partial charge is 0.248 e. The van der Waals surface area contributed by atoms with E-state index < -0.39 is 6.10 Å². The standard InChI is InChI=1S/C30H40N4O3/c1-3-20-15-22-17-24(18-23(22)16-21(20)4-2)32-19-27(35)25-5-7-28(30-26(25)6-8-29(36)33-30)37-14-13-34-11-9-31-10-12-34/h5-8,15-16,24,27,31-32,35H,3-4,9-14,17-19H2,1-2H3,(H,33,36)/t27-/m1/s1. The molecule has 7 heteroatoms. The lowest BCUT2D eigenvalue weighted by atomic mass is 9.97. The van der Waals surface area contributed by atoms with Gasteiger partial charge in [-0.1, -0.05) is 32.0 Å². The SMILES string of the molecule is CCc1cc2c(cc1CC)CC(NC[C@@H](O)c1ccc(OCCN3CCNCC3)c3[nH]c(=O)ccc13)C2. The van der Waals surface area contributed by atoms with Gasteiger partial charge in [-0.2, -0.15) is 0 Å². The molecule has 4 N–H and O–H groups in total. The van der Waals surface area contributed by atoms with Gasteiger partial charge in [0, 0.05) is 56.8 Å². The number of pyridine rings is 1. The Morgan fingerprint density at radius 1 is 1.05 bits per heavy atom. The minimum absolute atomic E-state index is 0.175. The van der Waals surface area contributed by atoms with Gasteiger partial charge in [-0.05, 0) is 65.6 Å². The maximum Gasteiger partial charge on any atom is 0.248 e. The molecule has 2 aliphatic rings. The average Bonchev–Trinajstić information content (AvgIpc) is 3.33. The first-order chi connectivity index (χ1) is 18.1. The topological polar surface area (TPSA) is 89.6 Å². The van der Waals surface area contributed by atoms with Crippen LogP contribution in [0.1, 0.15) is 47.8 Å². The molecule has 198 valence electrons. The fourth-order valence-electron chi connectivity index (χ4n) is 5.84. The van der Waals surface area contributed by atoms with Gasteiger partial charge >= 0.3 is 0 Å². The summed E-state index contributed by atoms with van der Waals surface area (Å²) < 4.78 is 6.10. The molecule has 1 aliphatic heterocycles. The summed E-state index contributed by atoms with van der Waals surface area (Å²) >= 11 is 0. The van der Waals surface area contributed by atoms with Gasteiger partial charge in [-0.15, -0.1) is 0 Å². The van der Waals surface area contributed by atoms with Crippen LogP contribution in [-0.4, -0.2) is 66.9 Å². The third kappa shape index (κ3) is 5.91. The first-order valence-electron chi connectivity index (χ1n) is 13.8. The maximum absolute atomic E-state index is 12.1. The van der Waals surface area contributed by atoms with E-state index in [-0.39, 0.29) is 5.56 Å². The van der Waals surface area contributed by atoms with Gasteiger partial charge in [0.2, 0.25) is 5.56 Å². The van der Waals surface area contributed by atoms with Crippen molar-refractivity contribution >= 4 is 10.9 Å². The molecule has 0 saturated carbocycles. The highest BCUT2D eigenvalue weighted by Gasteiger charge is 2.24. The molecule has 0 spiro atoms. The van der Waals surface area contributed by atoms with Crippen molar-refractivity contribution in [3.63, 3.8) is 0 Å². The Morgan fingerprint density at radius 3 is 2.43 bits per heavy atom. The van der Waals surface area contributed by atoms with Crippen LogP contribution in [0.25, 0.3) is 10.9 Å². The summed E-state index contributed by atoms with van der Waals surface area (Å²) in [4.78, 5) is 17.4. The predicted octanol–water partition coefficient (Wildman–Crippen LogP) is 2.73. The molecule has 2 heterocycles. The molecule has 1 atom stereocenters. The Balaban J connectivity index is 1.25. The summed E-state index contributed by atoms with van der Waals surface area (Å²) in [7, 11) is 0. The van der Waals surface area contributed by atoms with E-state index in [2.05, 4.69) is 46.5 Å². The second-order valence-electron chi connectivity index (χ2n) is 10.3. The number of fused-ring (bicyclic) bond motifs is 2. The quantitative estimate of drug-likeness (QED) is 0.340. The lowest BCUT2D eigenvalue weighted by Gasteiger charge is -2.27. The molecule has 2 aromatic carbocycles. The number of aromatic nitrogens is 1. The molecular weight excluding hydrogens is 464 g/mol. The van der Waals surface area contributed by atoms with Gasteiger partial charge in [0.05, 0.1) is 11.6 Å². The summed E-state index contributed by atoms with van der Waals surface area (Å²) in [5, 5.41) is 18.9. The van der Waals surface area contributed by atoms with E-state index >= 15 is 0 Å². The second-order valence-corrected chi connectivity index (χ2v) is 10.3. The Bertz CT molecular complexity index is 1250. The van der Waals surface area contributed by atoms with Gasteiger partial charge in [0.1, 0.15) is 12.4 Å². The largest absolute Gasteiger partial charge is 0.490 e. The summed E-state index contributed by atoms with van der Waals surface area (Å²) in [6.07, 6.45) is 3.43. The summed E-state index contributed by atoms with van der Waals surface area (Å²) in [5.41, 5.74) is 7.06. The molecule has 1 aromatic heterocycles. The van der Waals surface area contributed by atoms with E-state index in [4.69, 9.17) is 4.74 Å². The van der Waals surface area contributed by atoms with Crippen molar-refractivity contribution in [3.8, 4) is 5.75 Å². The van der Waals surface area contributed by atoms with Gasteiger partial charge in [0.15, 0.2) is 0 Å². The lowest BCUT2D eigenvalue weighted by molar-refractivity contribution is 0.171. The second kappa shape index (κ2) is 11.8. The molecule has 0 bridgehead atoms. The normalized spacial score (nSPS) is 17.3. The first-order valence-corrected chi connectivity index (χ1v) is 13.8. The third-order valence-corrected chi connectivity index (χ3v) is 7.94. The van der Waals surface area contributed by atoms with Crippen molar-refractivity contribution in [2.75, 3.05) is 45.9 Å². The number of nitrogens with zero attached hydrogens (tertiary/aromatic N) is 1. The number of rotatable bonds is 10. The lowest BCUT2D eigenvalue weighted by Crippen LogP contribution is -2.44. The van der Waals surface area contributed by atoms with Gasteiger partial charge in [-0.25, -0.2) is 0 Å². The highest BCUT2D eigenvalue weighted by molar-refractivity contribution is 5.87. The molecule has 7 nitrogen and oxygen atoms in total. The van der Waals surface area contributed by atoms with Crippen LogP contribution in [-0.2, 0) is 25.7 Å². The van der Waals surface area contributed by atoms with Gasteiger partial charge in [-0.3, -0.25) is 9.69 Å². The average molecular weight is 505 g/mol. The van der Waals surface area contributed by atoms with Crippen molar-refractivity contribution < 1.29 is 9.84 Å². The third-order valence-electron chi connectivity index (χ3n) is 7.94. The molecular formula is C30H40N4O3. The highest BCUT2D eigenvalue weighted by atomic mass is 16.5. The number of H-pyrrole nitrogens is 1.